The molecule has 1 unspecified atom stereocenters. The molecule has 0 fully saturated rings. The minimum absolute atomic E-state index is 0.0480. The van der Waals surface area contributed by atoms with Crippen LogP contribution in [0.1, 0.15) is 27.6 Å². The van der Waals surface area contributed by atoms with E-state index in [2.05, 4.69) is 9.72 Å². The lowest BCUT2D eigenvalue weighted by atomic mass is 9.97. The Kier molecular flexibility index (Phi) is 5.76. The van der Waals surface area contributed by atoms with Gasteiger partial charge in [0.15, 0.2) is 0 Å². The highest BCUT2D eigenvalue weighted by molar-refractivity contribution is 5.90. The number of nitro benzene ring substituents is 1. The molecule has 3 aromatic rings. The highest BCUT2D eigenvalue weighted by Crippen LogP contribution is 2.28. The summed E-state index contributed by atoms with van der Waals surface area (Å²) in [5.41, 5.74) is 2.83. The van der Waals surface area contributed by atoms with E-state index in [1.54, 1.807) is 24.5 Å². The fourth-order valence-corrected chi connectivity index (χ4v) is 2.92. The molecule has 0 aliphatic rings. The Morgan fingerprint density at radius 3 is 2.36 bits per heavy atom. The molecular weight excluding hydrogens is 360 g/mol. The van der Waals surface area contributed by atoms with Crippen LogP contribution in [0.3, 0.4) is 0 Å². The van der Waals surface area contributed by atoms with Crippen LogP contribution in [0.4, 0.5) is 5.69 Å². The molecule has 0 radical (unpaired) electrons. The third kappa shape index (κ3) is 4.21. The van der Waals surface area contributed by atoms with Crippen LogP contribution in [-0.2, 0) is 11.2 Å². The van der Waals surface area contributed by atoms with Crippen LogP contribution in [0.2, 0.25) is 0 Å². The first-order chi connectivity index (χ1) is 13.5. The summed E-state index contributed by atoms with van der Waals surface area (Å²) in [6, 6.07) is 15.2. The largest absolute Gasteiger partial charge is 0.465 e. The number of nitro groups is 1. The Balaban J connectivity index is 1.81. The number of methoxy groups -OCH3 is 1. The van der Waals surface area contributed by atoms with Crippen molar-refractivity contribution in [2.45, 2.75) is 12.5 Å². The van der Waals surface area contributed by atoms with E-state index in [0.717, 1.165) is 11.1 Å². The number of hydrogen-bond acceptors (Lipinski definition) is 6. The van der Waals surface area contributed by atoms with E-state index in [4.69, 9.17) is 0 Å². The molecule has 0 spiro atoms. The van der Waals surface area contributed by atoms with Gasteiger partial charge in [-0.05, 0) is 34.9 Å². The van der Waals surface area contributed by atoms with Crippen molar-refractivity contribution in [1.82, 2.24) is 4.98 Å². The van der Waals surface area contributed by atoms with Crippen molar-refractivity contribution in [1.29, 1.82) is 0 Å². The highest BCUT2D eigenvalue weighted by Gasteiger charge is 2.20. The lowest BCUT2D eigenvalue weighted by molar-refractivity contribution is -0.385. The Morgan fingerprint density at radius 1 is 1.11 bits per heavy atom. The van der Waals surface area contributed by atoms with Gasteiger partial charge in [0, 0.05) is 30.4 Å². The molecule has 2 aromatic carbocycles. The van der Waals surface area contributed by atoms with E-state index in [-0.39, 0.29) is 17.7 Å². The fraction of sp³-hybridized carbons (Fsp3) is 0.143. The van der Waals surface area contributed by atoms with Gasteiger partial charge in [-0.2, -0.15) is 0 Å². The molecule has 3 rings (SSSR count). The van der Waals surface area contributed by atoms with Gasteiger partial charge >= 0.3 is 5.97 Å². The van der Waals surface area contributed by atoms with Gasteiger partial charge in [0.25, 0.3) is 5.69 Å². The first-order valence-electron chi connectivity index (χ1n) is 8.53. The van der Waals surface area contributed by atoms with Crippen molar-refractivity contribution in [2.75, 3.05) is 7.11 Å². The molecular formula is C21H18N2O5. The van der Waals surface area contributed by atoms with Crippen LogP contribution in [0.5, 0.6) is 0 Å². The molecule has 7 nitrogen and oxygen atoms in total. The number of pyridine rings is 1. The Hall–Kier alpha value is -3.58. The molecule has 0 bridgehead atoms. The summed E-state index contributed by atoms with van der Waals surface area (Å²) in [6.07, 6.45) is 2.53. The van der Waals surface area contributed by atoms with Gasteiger partial charge in [-0.15, -0.1) is 0 Å². The summed E-state index contributed by atoms with van der Waals surface area (Å²) >= 11 is 0. The number of ether oxygens (including phenoxy) is 1. The van der Waals surface area contributed by atoms with Crippen LogP contribution in [0.15, 0.2) is 67.0 Å². The number of carbonyl (C=O) groups excluding carboxylic acids is 1. The zero-order chi connectivity index (χ0) is 20.1. The summed E-state index contributed by atoms with van der Waals surface area (Å²) < 4.78 is 4.59. The maximum atomic E-state index is 11.6. The topological polar surface area (TPSA) is 103 Å². The number of nitrogens with zero attached hydrogens (tertiary/aromatic N) is 2. The standard InChI is InChI=1S/C21H18N2O5/c1-28-21(25)18-7-6-17(19(12-18)23(26)27)13-20(24)16-4-2-14(3-5-16)15-8-10-22-11-9-15/h2-12,20,24H,13H2,1H3. The third-order valence-corrected chi connectivity index (χ3v) is 4.43. The van der Waals surface area contributed by atoms with E-state index in [1.165, 1.54) is 25.3 Å². The van der Waals surface area contributed by atoms with Gasteiger partial charge in [-0.25, -0.2) is 4.79 Å². The van der Waals surface area contributed by atoms with E-state index >= 15 is 0 Å². The molecule has 7 heteroatoms. The average Bonchev–Trinajstić information content (AvgIpc) is 2.74. The van der Waals surface area contributed by atoms with Gasteiger partial charge in [-0.3, -0.25) is 15.1 Å². The number of aliphatic hydroxyl groups is 1. The number of aromatic nitrogens is 1. The summed E-state index contributed by atoms with van der Waals surface area (Å²) in [6.45, 7) is 0. The molecule has 1 aromatic heterocycles. The van der Waals surface area contributed by atoms with Crippen molar-refractivity contribution in [3.8, 4) is 11.1 Å². The Bertz CT molecular complexity index is 987. The molecule has 1 heterocycles. The predicted molar refractivity (Wildman–Crippen MR) is 103 cm³/mol. The molecule has 1 atom stereocenters. The van der Waals surface area contributed by atoms with Crippen molar-refractivity contribution < 1.29 is 19.6 Å². The van der Waals surface area contributed by atoms with Crippen molar-refractivity contribution in [3.05, 3.63) is 93.8 Å². The minimum Gasteiger partial charge on any atom is -0.465 e. The van der Waals surface area contributed by atoms with Gasteiger partial charge in [0.05, 0.1) is 23.7 Å². The number of benzene rings is 2. The van der Waals surface area contributed by atoms with Crippen LogP contribution in [0, 0.1) is 10.1 Å². The second-order valence-electron chi connectivity index (χ2n) is 6.17. The van der Waals surface area contributed by atoms with Crippen molar-refractivity contribution >= 4 is 11.7 Å². The number of hydrogen-bond donors (Lipinski definition) is 1. The molecule has 0 aliphatic heterocycles. The lowest BCUT2D eigenvalue weighted by Crippen LogP contribution is -2.07. The molecule has 0 amide bonds. The first kappa shape index (κ1) is 19.2. The SMILES string of the molecule is COC(=O)c1ccc(CC(O)c2ccc(-c3ccncc3)cc2)c([N+](=O)[O-])c1. The van der Waals surface area contributed by atoms with E-state index in [0.29, 0.717) is 11.1 Å². The summed E-state index contributed by atoms with van der Waals surface area (Å²) in [5, 5.41) is 21.9. The number of carbonyl (C=O) groups is 1. The average molecular weight is 378 g/mol. The zero-order valence-electron chi connectivity index (χ0n) is 15.1. The molecule has 142 valence electrons. The Labute approximate surface area is 161 Å². The first-order valence-corrected chi connectivity index (χ1v) is 8.53. The third-order valence-electron chi connectivity index (χ3n) is 4.43. The lowest BCUT2D eigenvalue weighted by Gasteiger charge is -2.13. The number of esters is 1. The zero-order valence-corrected chi connectivity index (χ0v) is 15.1. The van der Waals surface area contributed by atoms with Gasteiger partial charge in [0.1, 0.15) is 0 Å². The molecule has 28 heavy (non-hydrogen) atoms. The summed E-state index contributed by atoms with van der Waals surface area (Å²) in [4.78, 5) is 26.4. The predicted octanol–water partition coefficient (Wildman–Crippen LogP) is 3.72. The van der Waals surface area contributed by atoms with Crippen LogP contribution < -0.4 is 0 Å². The van der Waals surface area contributed by atoms with Gasteiger partial charge in [-0.1, -0.05) is 30.3 Å². The Morgan fingerprint density at radius 2 is 1.75 bits per heavy atom. The fourth-order valence-electron chi connectivity index (χ4n) is 2.92. The maximum absolute atomic E-state index is 11.6. The van der Waals surface area contributed by atoms with Crippen LogP contribution in [-0.4, -0.2) is 28.1 Å². The number of aliphatic hydroxyl groups excluding tert-OH is 1. The van der Waals surface area contributed by atoms with Crippen LogP contribution in [0.25, 0.3) is 11.1 Å². The molecule has 1 N–H and O–H groups in total. The normalized spacial score (nSPS) is 11.6. The van der Waals surface area contributed by atoms with Crippen molar-refractivity contribution in [3.63, 3.8) is 0 Å². The second kappa shape index (κ2) is 8.41. The quantitative estimate of drug-likeness (QED) is 0.398. The monoisotopic (exact) mass is 378 g/mol. The van der Waals surface area contributed by atoms with Gasteiger partial charge in [0.2, 0.25) is 0 Å². The molecule has 0 aliphatic carbocycles. The van der Waals surface area contributed by atoms with E-state index < -0.39 is 17.0 Å². The summed E-state index contributed by atoms with van der Waals surface area (Å²) in [7, 11) is 1.21. The molecule has 0 saturated heterocycles. The minimum atomic E-state index is -0.922. The smallest absolute Gasteiger partial charge is 0.338 e. The maximum Gasteiger partial charge on any atom is 0.338 e. The summed E-state index contributed by atoms with van der Waals surface area (Å²) in [5.74, 6) is -0.651. The van der Waals surface area contributed by atoms with Crippen LogP contribution >= 0.6 is 0 Å². The van der Waals surface area contributed by atoms with Crippen molar-refractivity contribution in [2.24, 2.45) is 0 Å². The highest BCUT2D eigenvalue weighted by atomic mass is 16.6. The second-order valence-corrected chi connectivity index (χ2v) is 6.17. The van der Waals surface area contributed by atoms with E-state index in [1.807, 2.05) is 24.3 Å². The molecule has 0 saturated carbocycles. The van der Waals surface area contributed by atoms with Gasteiger partial charge < -0.3 is 9.84 Å². The van der Waals surface area contributed by atoms with E-state index in [9.17, 15) is 20.0 Å². The number of rotatable bonds is 6.